The van der Waals surface area contributed by atoms with E-state index in [1.54, 1.807) is 16.8 Å². The number of rotatable bonds is 6. The van der Waals surface area contributed by atoms with Gasteiger partial charge in [-0.25, -0.2) is 4.98 Å². The molecule has 24 heavy (non-hydrogen) atoms. The van der Waals surface area contributed by atoms with Crippen molar-refractivity contribution < 1.29 is 27.5 Å². The summed E-state index contributed by atoms with van der Waals surface area (Å²) in [6.45, 7) is -2.32. The molecule has 2 heterocycles. The fraction of sp³-hybridized carbons (Fsp3) is 0.385. The van der Waals surface area contributed by atoms with Crippen molar-refractivity contribution in [1.82, 2.24) is 14.9 Å². The first kappa shape index (κ1) is 17.9. The molecule has 1 amide bonds. The van der Waals surface area contributed by atoms with E-state index in [9.17, 15) is 27.6 Å². The van der Waals surface area contributed by atoms with Crippen molar-refractivity contribution in [1.29, 1.82) is 0 Å². The number of carbonyl (C=O) groups excluding carboxylic acids is 2. The van der Waals surface area contributed by atoms with Gasteiger partial charge in [-0.05, 0) is 11.4 Å². The number of carbonyl (C=O) groups is 2. The highest BCUT2D eigenvalue weighted by Gasteiger charge is 2.27. The van der Waals surface area contributed by atoms with Gasteiger partial charge in [0, 0.05) is 6.54 Å². The lowest BCUT2D eigenvalue weighted by molar-refractivity contribution is -0.151. The molecule has 0 saturated heterocycles. The van der Waals surface area contributed by atoms with Gasteiger partial charge < -0.3 is 10.1 Å². The fourth-order valence-corrected chi connectivity index (χ4v) is 2.46. The Morgan fingerprint density at radius 2 is 2.12 bits per heavy atom. The first-order valence-electron chi connectivity index (χ1n) is 6.68. The van der Waals surface area contributed by atoms with Crippen LogP contribution in [0.1, 0.15) is 6.42 Å². The van der Waals surface area contributed by atoms with Gasteiger partial charge in [0.2, 0.25) is 0 Å². The Morgan fingerprint density at radius 1 is 1.38 bits per heavy atom. The minimum Gasteiger partial charge on any atom is -0.456 e. The lowest BCUT2D eigenvalue weighted by atomic mass is 10.4. The minimum atomic E-state index is -4.53. The Kier molecular flexibility index (Phi) is 5.54. The fourth-order valence-electron chi connectivity index (χ4n) is 1.73. The Balaban J connectivity index is 1.79. The highest BCUT2D eigenvalue weighted by Crippen LogP contribution is 2.13. The van der Waals surface area contributed by atoms with Gasteiger partial charge in [-0.15, -0.1) is 11.3 Å². The summed E-state index contributed by atoms with van der Waals surface area (Å²) in [6, 6.07) is 1.62. The van der Waals surface area contributed by atoms with Crippen LogP contribution in [-0.2, 0) is 20.9 Å². The van der Waals surface area contributed by atoms with Gasteiger partial charge in [0.05, 0.1) is 18.1 Å². The maximum atomic E-state index is 12.1. The molecule has 0 spiro atoms. The first-order valence-corrected chi connectivity index (χ1v) is 7.56. The van der Waals surface area contributed by atoms with E-state index in [0.29, 0.717) is 10.2 Å². The van der Waals surface area contributed by atoms with Gasteiger partial charge in [-0.1, -0.05) is 0 Å². The van der Waals surface area contributed by atoms with E-state index >= 15 is 0 Å². The van der Waals surface area contributed by atoms with Crippen molar-refractivity contribution in [3.8, 4) is 0 Å². The summed E-state index contributed by atoms with van der Waals surface area (Å²) < 4.78 is 41.4. The maximum Gasteiger partial charge on any atom is 0.405 e. The number of halogens is 3. The van der Waals surface area contributed by atoms with Crippen LogP contribution in [0, 0.1) is 0 Å². The van der Waals surface area contributed by atoms with Crippen molar-refractivity contribution in [2.45, 2.75) is 19.1 Å². The summed E-state index contributed by atoms with van der Waals surface area (Å²) >= 11 is 1.31. The molecule has 0 unspecified atom stereocenters. The van der Waals surface area contributed by atoms with E-state index in [1.165, 1.54) is 22.2 Å². The molecule has 0 radical (unpaired) electrons. The van der Waals surface area contributed by atoms with Crippen LogP contribution in [0.5, 0.6) is 0 Å². The molecule has 1 N–H and O–H groups in total. The van der Waals surface area contributed by atoms with Gasteiger partial charge in [0.15, 0.2) is 6.61 Å². The Hall–Kier alpha value is -2.43. The van der Waals surface area contributed by atoms with Crippen molar-refractivity contribution in [3.05, 3.63) is 28.1 Å². The monoisotopic (exact) mass is 363 g/mol. The SMILES string of the molecule is O=C(COC(=O)CCn1cnc2sccc2c1=O)NCC(F)(F)F. The van der Waals surface area contributed by atoms with Crippen LogP contribution in [0.25, 0.3) is 10.2 Å². The number of hydrogen-bond donors (Lipinski definition) is 1. The number of nitrogens with one attached hydrogen (secondary N) is 1. The normalized spacial score (nSPS) is 11.5. The van der Waals surface area contributed by atoms with Crippen molar-refractivity contribution in [2.75, 3.05) is 13.2 Å². The van der Waals surface area contributed by atoms with E-state index in [-0.39, 0.29) is 18.5 Å². The second kappa shape index (κ2) is 7.43. The van der Waals surface area contributed by atoms with Crippen molar-refractivity contribution >= 4 is 33.4 Å². The maximum absolute atomic E-state index is 12.1. The topological polar surface area (TPSA) is 90.3 Å². The first-order chi connectivity index (χ1) is 11.3. The van der Waals surface area contributed by atoms with Crippen molar-refractivity contribution in [2.24, 2.45) is 0 Å². The molecule has 2 aromatic heterocycles. The molecule has 0 aliphatic carbocycles. The zero-order valence-corrected chi connectivity index (χ0v) is 12.9. The predicted octanol–water partition coefficient (Wildman–Crippen LogP) is 1.07. The molecule has 0 aliphatic rings. The number of amides is 1. The number of nitrogens with zero attached hydrogens (tertiary/aromatic N) is 2. The second-order valence-electron chi connectivity index (χ2n) is 4.69. The van der Waals surface area contributed by atoms with Crippen LogP contribution in [0.3, 0.4) is 0 Å². The molecule has 0 aliphatic heterocycles. The van der Waals surface area contributed by atoms with Gasteiger partial charge in [0.25, 0.3) is 11.5 Å². The molecule has 0 bridgehead atoms. The van der Waals surface area contributed by atoms with E-state index < -0.39 is 31.2 Å². The number of alkyl halides is 3. The standard InChI is InChI=1S/C13H12F3N3O4S/c14-13(15,16)6-17-9(20)5-23-10(21)1-3-19-7-18-11-8(12(19)22)2-4-24-11/h2,4,7H,1,3,5-6H2,(H,17,20). The molecule has 7 nitrogen and oxygen atoms in total. The number of esters is 1. The summed E-state index contributed by atoms with van der Waals surface area (Å²) in [6.07, 6.45) is -3.46. The van der Waals surface area contributed by atoms with Crippen LogP contribution in [0.2, 0.25) is 0 Å². The molecular formula is C13H12F3N3O4S. The van der Waals surface area contributed by atoms with E-state index in [4.69, 9.17) is 0 Å². The quantitative estimate of drug-likeness (QED) is 0.776. The highest BCUT2D eigenvalue weighted by atomic mass is 32.1. The smallest absolute Gasteiger partial charge is 0.405 e. The number of hydrogen-bond acceptors (Lipinski definition) is 6. The summed E-state index contributed by atoms with van der Waals surface area (Å²) in [7, 11) is 0. The molecule has 2 aromatic rings. The third-order valence-electron chi connectivity index (χ3n) is 2.86. The van der Waals surface area contributed by atoms with E-state index in [1.807, 2.05) is 0 Å². The number of aromatic nitrogens is 2. The van der Waals surface area contributed by atoms with Gasteiger partial charge >= 0.3 is 12.1 Å². The largest absolute Gasteiger partial charge is 0.456 e. The Bertz CT molecular complexity index is 800. The zero-order chi connectivity index (χ0) is 17.7. The van der Waals surface area contributed by atoms with Crippen LogP contribution >= 0.6 is 11.3 Å². The number of thiophene rings is 1. The molecular weight excluding hydrogens is 351 g/mol. The molecule has 2 rings (SSSR count). The highest BCUT2D eigenvalue weighted by molar-refractivity contribution is 7.16. The summed E-state index contributed by atoms with van der Waals surface area (Å²) in [5.74, 6) is -1.87. The lowest BCUT2D eigenvalue weighted by Crippen LogP contribution is -2.36. The van der Waals surface area contributed by atoms with E-state index in [2.05, 4.69) is 9.72 Å². The van der Waals surface area contributed by atoms with Gasteiger partial charge in [-0.2, -0.15) is 13.2 Å². The average molecular weight is 363 g/mol. The van der Waals surface area contributed by atoms with Gasteiger partial charge in [-0.3, -0.25) is 19.0 Å². The summed E-state index contributed by atoms with van der Waals surface area (Å²) in [4.78, 5) is 39.3. The van der Waals surface area contributed by atoms with E-state index in [0.717, 1.165) is 0 Å². The van der Waals surface area contributed by atoms with Crippen molar-refractivity contribution in [3.63, 3.8) is 0 Å². The third-order valence-corrected chi connectivity index (χ3v) is 3.68. The number of ether oxygens (including phenoxy) is 1. The molecule has 130 valence electrons. The van der Waals surface area contributed by atoms with Crippen LogP contribution in [0.4, 0.5) is 13.2 Å². The molecule has 0 atom stereocenters. The van der Waals surface area contributed by atoms with Crippen LogP contribution < -0.4 is 10.9 Å². The predicted molar refractivity (Wildman–Crippen MR) is 78.5 cm³/mol. The minimum absolute atomic E-state index is 0.0133. The molecule has 0 saturated carbocycles. The second-order valence-corrected chi connectivity index (χ2v) is 5.58. The number of aryl methyl sites for hydroxylation is 1. The summed E-state index contributed by atoms with van der Waals surface area (Å²) in [5.41, 5.74) is -0.308. The van der Waals surface area contributed by atoms with Gasteiger partial charge in [0.1, 0.15) is 11.4 Å². The average Bonchev–Trinajstić information content (AvgIpc) is 2.99. The zero-order valence-electron chi connectivity index (χ0n) is 12.1. The Morgan fingerprint density at radius 3 is 2.83 bits per heavy atom. The lowest BCUT2D eigenvalue weighted by Gasteiger charge is -2.09. The van der Waals surface area contributed by atoms with Crippen LogP contribution in [-0.4, -0.2) is 40.8 Å². The molecule has 11 heteroatoms. The molecule has 0 fully saturated rings. The van der Waals surface area contributed by atoms with Crippen LogP contribution in [0.15, 0.2) is 22.6 Å². The summed E-state index contributed by atoms with van der Waals surface area (Å²) in [5, 5.41) is 3.73. The Labute approximate surface area is 137 Å². The third kappa shape index (κ3) is 5.05. The number of fused-ring (bicyclic) bond motifs is 1. The molecule has 0 aromatic carbocycles.